The van der Waals surface area contributed by atoms with Gasteiger partial charge in [0, 0.05) is 44.5 Å². The molecule has 0 spiro atoms. The van der Waals surface area contributed by atoms with E-state index in [-0.39, 0.29) is 0 Å². The SMILES string of the molecule is C#Cc1ccc(-c2ccc(C#C)cc2)cc1.C#Cc1ccc(-c2ccc(C#C)cc2)cc1.C#Cc1ccc(-c2ccc(C#C)cc2)cc1.C#Cc1ccc(-c2ccc(C#C)cc2)cc1. The van der Waals surface area contributed by atoms with Gasteiger partial charge in [0.15, 0.2) is 0 Å². The maximum Gasteiger partial charge on any atom is 0.0243 e. The molecule has 0 saturated carbocycles. The summed E-state index contributed by atoms with van der Waals surface area (Å²) in [4.78, 5) is 0. The average molecular weight is 809 g/mol. The van der Waals surface area contributed by atoms with Crippen LogP contribution in [0, 0.1) is 98.8 Å². The molecule has 0 heteroatoms. The van der Waals surface area contributed by atoms with Crippen LogP contribution in [0.25, 0.3) is 44.5 Å². The van der Waals surface area contributed by atoms with Gasteiger partial charge in [-0.05, 0) is 142 Å². The third kappa shape index (κ3) is 13.1. The molecule has 0 radical (unpaired) electrons. The highest BCUT2D eigenvalue weighted by Gasteiger charge is 2.00. The van der Waals surface area contributed by atoms with E-state index < -0.39 is 0 Å². The van der Waals surface area contributed by atoms with Crippen LogP contribution in [0.1, 0.15) is 44.5 Å². The fourth-order valence-corrected chi connectivity index (χ4v) is 6.07. The van der Waals surface area contributed by atoms with Gasteiger partial charge in [-0.25, -0.2) is 0 Å². The molecule has 0 aliphatic rings. The molecule has 0 aromatic heterocycles. The average Bonchev–Trinajstić information content (AvgIpc) is 3.39. The van der Waals surface area contributed by atoms with Crippen molar-refractivity contribution in [2.45, 2.75) is 0 Å². The minimum Gasteiger partial charge on any atom is -0.115 e. The predicted octanol–water partition coefficient (Wildman–Crippen LogP) is 13.3. The molecule has 0 heterocycles. The Kier molecular flexibility index (Phi) is 16.8. The highest BCUT2D eigenvalue weighted by molar-refractivity contribution is 5.68. The Labute approximate surface area is 380 Å². The van der Waals surface area contributed by atoms with Crippen LogP contribution in [-0.4, -0.2) is 0 Å². The molecule has 8 aromatic carbocycles. The standard InChI is InChI=1S/4C16H10/c4*1-3-13-5-9-15(10-6-13)16-11-7-14(4-2)8-12-16/h4*1-2,5-12H. The zero-order valence-electron chi connectivity index (χ0n) is 35.1. The van der Waals surface area contributed by atoms with Crippen LogP contribution in [0.3, 0.4) is 0 Å². The van der Waals surface area contributed by atoms with Crippen LogP contribution < -0.4 is 0 Å². The minimum absolute atomic E-state index is 0.893. The maximum absolute atomic E-state index is 5.30. The second-order valence-electron chi connectivity index (χ2n) is 13.8. The zero-order valence-corrected chi connectivity index (χ0v) is 35.1. The number of hydrogen-bond donors (Lipinski definition) is 0. The van der Waals surface area contributed by atoms with Crippen molar-refractivity contribution < 1.29 is 0 Å². The van der Waals surface area contributed by atoms with E-state index in [4.69, 9.17) is 51.4 Å². The lowest BCUT2D eigenvalue weighted by Crippen LogP contribution is -1.80. The molecule has 8 rings (SSSR count). The number of rotatable bonds is 4. The molecule has 0 amide bonds. The van der Waals surface area contributed by atoms with Crippen molar-refractivity contribution in [1.29, 1.82) is 0 Å². The molecular weight excluding hydrogens is 769 g/mol. The lowest BCUT2D eigenvalue weighted by Gasteiger charge is -2.01. The molecule has 0 nitrogen and oxygen atoms in total. The molecule has 0 N–H and O–H groups in total. The Hall–Kier alpha value is -9.76. The number of hydrogen-bond acceptors (Lipinski definition) is 0. The van der Waals surface area contributed by atoms with Gasteiger partial charge in [-0.3, -0.25) is 0 Å². The third-order valence-electron chi connectivity index (χ3n) is 9.75. The topological polar surface area (TPSA) is 0 Å². The predicted molar refractivity (Wildman–Crippen MR) is 271 cm³/mol. The van der Waals surface area contributed by atoms with Crippen molar-refractivity contribution in [3.05, 3.63) is 239 Å². The summed E-state index contributed by atoms with van der Waals surface area (Å²) in [6, 6.07) is 63.2. The molecule has 0 atom stereocenters. The summed E-state index contributed by atoms with van der Waals surface area (Å²) in [5, 5.41) is 0. The molecule has 0 aliphatic carbocycles. The lowest BCUT2D eigenvalue weighted by atomic mass is 10.0. The van der Waals surface area contributed by atoms with Gasteiger partial charge in [-0.15, -0.1) is 51.4 Å². The highest BCUT2D eigenvalue weighted by Crippen LogP contribution is 2.23. The second kappa shape index (κ2) is 23.7. The summed E-state index contributed by atoms with van der Waals surface area (Å²) < 4.78 is 0. The van der Waals surface area contributed by atoms with Crippen molar-refractivity contribution in [3.63, 3.8) is 0 Å². The van der Waals surface area contributed by atoms with E-state index in [0.717, 1.165) is 89.0 Å². The number of benzene rings is 8. The molecule has 0 saturated heterocycles. The van der Waals surface area contributed by atoms with E-state index >= 15 is 0 Å². The first-order chi connectivity index (χ1) is 31.3. The van der Waals surface area contributed by atoms with Crippen molar-refractivity contribution in [1.82, 2.24) is 0 Å². The van der Waals surface area contributed by atoms with Crippen LogP contribution in [-0.2, 0) is 0 Å². The van der Waals surface area contributed by atoms with Crippen LogP contribution in [0.2, 0.25) is 0 Å². The van der Waals surface area contributed by atoms with E-state index in [0.29, 0.717) is 0 Å². The molecule has 296 valence electrons. The Bertz CT molecular complexity index is 2450. The van der Waals surface area contributed by atoms with Gasteiger partial charge < -0.3 is 0 Å². The molecule has 0 aliphatic heterocycles. The normalized spacial score (nSPS) is 9.12. The fraction of sp³-hybridized carbons (Fsp3) is 0. The summed E-state index contributed by atoms with van der Waals surface area (Å²) in [6.45, 7) is 0. The first-order valence-corrected chi connectivity index (χ1v) is 19.9. The van der Waals surface area contributed by atoms with Crippen molar-refractivity contribution in [2.75, 3.05) is 0 Å². The highest BCUT2D eigenvalue weighted by atomic mass is 14.0. The molecule has 0 bridgehead atoms. The summed E-state index contributed by atoms with van der Waals surface area (Å²) in [7, 11) is 0. The summed E-state index contributed by atoms with van der Waals surface area (Å²) in [5.74, 6) is 20.8. The van der Waals surface area contributed by atoms with Gasteiger partial charge in [0.25, 0.3) is 0 Å². The Morgan fingerprint density at radius 3 is 0.281 bits per heavy atom. The third-order valence-corrected chi connectivity index (χ3v) is 9.75. The molecular formula is C64H40. The smallest absolute Gasteiger partial charge is 0.0243 e. The largest absolute Gasteiger partial charge is 0.115 e. The van der Waals surface area contributed by atoms with Gasteiger partial charge in [-0.1, -0.05) is 144 Å². The Balaban J connectivity index is 0.000000161. The summed E-state index contributed by atoms with van der Waals surface area (Å²) in [6.07, 6.45) is 42.4. The second-order valence-corrected chi connectivity index (χ2v) is 13.8. The summed E-state index contributed by atoms with van der Waals surface area (Å²) >= 11 is 0. The van der Waals surface area contributed by atoms with E-state index in [9.17, 15) is 0 Å². The molecule has 8 aromatic rings. The van der Waals surface area contributed by atoms with Crippen molar-refractivity contribution >= 4 is 0 Å². The van der Waals surface area contributed by atoms with E-state index in [2.05, 4.69) is 47.4 Å². The van der Waals surface area contributed by atoms with Crippen LogP contribution in [0.5, 0.6) is 0 Å². The van der Waals surface area contributed by atoms with Crippen molar-refractivity contribution in [3.8, 4) is 143 Å². The van der Waals surface area contributed by atoms with Gasteiger partial charge in [0.05, 0.1) is 0 Å². The van der Waals surface area contributed by atoms with E-state index in [1.54, 1.807) is 0 Å². The first kappa shape index (κ1) is 45.3. The summed E-state index contributed by atoms with van der Waals surface area (Å²) in [5.41, 5.74) is 16.3. The zero-order chi connectivity index (χ0) is 45.5. The van der Waals surface area contributed by atoms with Gasteiger partial charge in [-0.2, -0.15) is 0 Å². The molecule has 0 fully saturated rings. The molecule has 0 unspecified atom stereocenters. The van der Waals surface area contributed by atoms with Gasteiger partial charge >= 0.3 is 0 Å². The van der Waals surface area contributed by atoms with Gasteiger partial charge in [0.2, 0.25) is 0 Å². The van der Waals surface area contributed by atoms with E-state index in [1.807, 2.05) is 194 Å². The minimum atomic E-state index is 0.893. The van der Waals surface area contributed by atoms with Crippen LogP contribution >= 0.6 is 0 Å². The van der Waals surface area contributed by atoms with Crippen molar-refractivity contribution in [2.24, 2.45) is 0 Å². The monoisotopic (exact) mass is 808 g/mol. The first-order valence-electron chi connectivity index (χ1n) is 19.9. The lowest BCUT2D eigenvalue weighted by molar-refractivity contribution is 1.58. The fourth-order valence-electron chi connectivity index (χ4n) is 6.07. The van der Waals surface area contributed by atoms with Crippen LogP contribution in [0.15, 0.2) is 194 Å². The molecule has 64 heavy (non-hydrogen) atoms. The Morgan fingerprint density at radius 2 is 0.219 bits per heavy atom. The van der Waals surface area contributed by atoms with Gasteiger partial charge in [0.1, 0.15) is 0 Å². The maximum atomic E-state index is 5.30. The van der Waals surface area contributed by atoms with Crippen LogP contribution in [0.4, 0.5) is 0 Å². The quantitative estimate of drug-likeness (QED) is 0.155. The Morgan fingerprint density at radius 1 is 0.141 bits per heavy atom. The van der Waals surface area contributed by atoms with E-state index in [1.165, 1.54) is 0 Å². The number of terminal acetylenes is 8.